The molecule has 2 unspecified atom stereocenters. The van der Waals surface area contributed by atoms with Crippen LogP contribution in [0.1, 0.15) is 57.8 Å². The van der Waals surface area contributed by atoms with Gasteiger partial charge in [0.1, 0.15) is 0 Å². The van der Waals surface area contributed by atoms with E-state index in [1.54, 1.807) is 0 Å². The fourth-order valence-corrected chi connectivity index (χ4v) is 4.33. The first-order chi connectivity index (χ1) is 11.9. The first kappa shape index (κ1) is 19.5. The fraction of sp³-hybridized carbons (Fsp3) is 1.00. The molecular formula is C18H32O7. The lowest BCUT2D eigenvalue weighted by Crippen LogP contribution is -2.46. The predicted octanol–water partition coefficient (Wildman–Crippen LogP) is -0.150. The molecule has 146 valence electrons. The third-order valence-corrected chi connectivity index (χ3v) is 5.90. The van der Waals surface area contributed by atoms with E-state index in [0.29, 0.717) is 51.4 Å². The highest BCUT2D eigenvalue weighted by atomic mass is 16.5. The van der Waals surface area contributed by atoms with Crippen molar-refractivity contribution in [1.82, 2.24) is 0 Å². The summed E-state index contributed by atoms with van der Waals surface area (Å²) in [5.41, 5.74) is 0. The van der Waals surface area contributed by atoms with E-state index in [1.807, 2.05) is 0 Å². The topological polar surface area (TPSA) is 120 Å². The summed E-state index contributed by atoms with van der Waals surface area (Å²) in [6, 6.07) is 0. The zero-order chi connectivity index (χ0) is 18.0. The minimum Gasteiger partial charge on any atom is -0.393 e. The minimum absolute atomic E-state index is 0.108. The third kappa shape index (κ3) is 5.13. The summed E-state index contributed by atoms with van der Waals surface area (Å²) in [5, 5.41) is 49.3. The Labute approximate surface area is 148 Å². The summed E-state index contributed by atoms with van der Waals surface area (Å²) in [7, 11) is 0. The third-order valence-electron chi connectivity index (χ3n) is 5.90. The zero-order valence-electron chi connectivity index (χ0n) is 14.6. The molecule has 0 aromatic carbocycles. The van der Waals surface area contributed by atoms with Gasteiger partial charge in [-0.1, -0.05) is 0 Å². The van der Waals surface area contributed by atoms with Crippen molar-refractivity contribution >= 4 is 0 Å². The Kier molecular flexibility index (Phi) is 6.71. The number of aliphatic hydroxyl groups excluding tert-OH is 5. The van der Waals surface area contributed by atoms with Gasteiger partial charge in [0.15, 0.2) is 0 Å². The van der Waals surface area contributed by atoms with Crippen LogP contribution in [0.5, 0.6) is 0 Å². The van der Waals surface area contributed by atoms with Gasteiger partial charge in [-0.3, -0.25) is 0 Å². The Hall–Kier alpha value is -0.280. The van der Waals surface area contributed by atoms with Crippen molar-refractivity contribution in [3.63, 3.8) is 0 Å². The maximum Gasteiger partial charge on any atom is 0.0839 e. The van der Waals surface area contributed by atoms with Crippen molar-refractivity contribution < 1.29 is 35.0 Å². The van der Waals surface area contributed by atoms with Gasteiger partial charge in [-0.25, -0.2) is 0 Å². The minimum atomic E-state index is -0.751. The summed E-state index contributed by atoms with van der Waals surface area (Å²) in [5.74, 6) is 0. The van der Waals surface area contributed by atoms with Gasteiger partial charge in [0.2, 0.25) is 0 Å². The van der Waals surface area contributed by atoms with E-state index >= 15 is 0 Å². The van der Waals surface area contributed by atoms with Crippen molar-refractivity contribution in [2.75, 3.05) is 0 Å². The van der Waals surface area contributed by atoms with Gasteiger partial charge in [-0.05, 0) is 38.5 Å². The van der Waals surface area contributed by atoms with Gasteiger partial charge in [0.05, 0.1) is 54.9 Å². The van der Waals surface area contributed by atoms with E-state index in [9.17, 15) is 25.5 Å². The Bertz CT molecular complexity index is 420. The van der Waals surface area contributed by atoms with E-state index in [2.05, 4.69) is 0 Å². The summed E-state index contributed by atoms with van der Waals surface area (Å²) < 4.78 is 12.0. The van der Waals surface area contributed by atoms with Crippen LogP contribution in [0.4, 0.5) is 0 Å². The quantitative estimate of drug-likeness (QED) is 0.473. The van der Waals surface area contributed by atoms with Crippen LogP contribution in [0.3, 0.4) is 0 Å². The molecule has 7 heteroatoms. The molecule has 25 heavy (non-hydrogen) atoms. The van der Waals surface area contributed by atoms with E-state index in [-0.39, 0.29) is 24.4 Å². The molecule has 0 amide bonds. The van der Waals surface area contributed by atoms with Gasteiger partial charge in [0.25, 0.3) is 0 Å². The average Bonchev–Trinajstić information content (AvgIpc) is 2.56. The number of hydrogen-bond acceptors (Lipinski definition) is 7. The second-order valence-electron chi connectivity index (χ2n) is 7.96. The van der Waals surface area contributed by atoms with E-state index in [1.165, 1.54) is 0 Å². The highest BCUT2D eigenvalue weighted by molar-refractivity contribution is 4.87. The van der Waals surface area contributed by atoms with Crippen LogP contribution in [-0.4, -0.2) is 80.5 Å². The smallest absolute Gasteiger partial charge is 0.0839 e. The molecule has 3 rings (SSSR count). The Balaban J connectivity index is 1.43. The van der Waals surface area contributed by atoms with Gasteiger partial charge in [-0.15, -0.1) is 0 Å². The Morgan fingerprint density at radius 3 is 1.56 bits per heavy atom. The summed E-state index contributed by atoms with van der Waals surface area (Å²) >= 11 is 0. The highest BCUT2D eigenvalue weighted by Crippen LogP contribution is 2.31. The summed E-state index contributed by atoms with van der Waals surface area (Å²) in [6.45, 7) is 0. The largest absolute Gasteiger partial charge is 0.393 e. The SMILES string of the molecule is OC1C[C@H](O[C@@H]2CC[C@@H](O[C@@H]3CC[C@@H](O)CC3O)C[C@H]2O)CC[C@H]1O. The van der Waals surface area contributed by atoms with Crippen LogP contribution in [0.25, 0.3) is 0 Å². The normalized spacial score (nSPS) is 49.1. The molecule has 0 aliphatic heterocycles. The van der Waals surface area contributed by atoms with Crippen molar-refractivity contribution in [3.05, 3.63) is 0 Å². The molecule has 0 aromatic rings. The summed E-state index contributed by atoms with van der Waals surface area (Å²) in [6.07, 6.45) is 1.20. The van der Waals surface area contributed by atoms with Crippen molar-refractivity contribution in [1.29, 1.82) is 0 Å². The van der Waals surface area contributed by atoms with Crippen molar-refractivity contribution in [2.24, 2.45) is 0 Å². The molecule has 9 atom stereocenters. The molecule has 5 N–H and O–H groups in total. The highest BCUT2D eigenvalue weighted by Gasteiger charge is 2.37. The lowest BCUT2D eigenvalue weighted by molar-refractivity contribution is -0.169. The Morgan fingerprint density at radius 2 is 1.00 bits per heavy atom. The number of aliphatic hydroxyl groups is 5. The molecular weight excluding hydrogens is 328 g/mol. The molecule has 3 saturated carbocycles. The van der Waals surface area contributed by atoms with Gasteiger partial charge < -0.3 is 35.0 Å². The molecule has 0 aromatic heterocycles. The lowest BCUT2D eigenvalue weighted by Gasteiger charge is -2.40. The first-order valence-corrected chi connectivity index (χ1v) is 9.63. The van der Waals surface area contributed by atoms with Crippen LogP contribution in [0, 0.1) is 0 Å². The van der Waals surface area contributed by atoms with Crippen molar-refractivity contribution in [3.8, 4) is 0 Å². The number of rotatable bonds is 4. The molecule has 3 fully saturated rings. The maximum absolute atomic E-state index is 10.4. The summed E-state index contributed by atoms with van der Waals surface area (Å²) in [4.78, 5) is 0. The van der Waals surface area contributed by atoms with Gasteiger partial charge in [0, 0.05) is 19.3 Å². The molecule has 0 radical (unpaired) electrons. The number of ether oxygens (including phenoxy) is 2. The standard InChI is InChI=1S/C18H32O7/c19-10-1-5-17(15(22)7-10)25-12-3-6-18(16(23)9-12)24-11-2-4-13(20)14(21)8-11/h10-23H,1-9H2/t10-,11-,12-,13-,14?,15?,16-,17-,18-/m1/s1. The molecule has 0 spiro atoms. The van der Waals surface area contributed by atoms with E-state index in [4.69, 9.17) is 9.47 Å². The predicted molar refractivity (Wildman–Crippen MR) is 88.9 cm³/mol. The second-order valence-corrected chi connectivity index (χ2v) is 7.96. The first-order valence-electron chi connectivity index (χ1n) is 9.63. The molecule has 0 heterocycles. The lowest BCUT2D eigenvalue weighted by atomic mass is 9.88. The molecule has 3 aliphatic rings. The molecule has 7 nitrogen and oxygen atoms in total. The molecule has 0 bridgehead atoms. The monoisotopic (exact) mass is 360 g/mol. The fourth-order valence-electron chi connectivity index (χ4n) is 4.33. The van der Waals surface area contributed by atoms with Gasteiger partial charge in [-0.2, -0.15) is 0 Å². The van der Waals surface area contributed by atoms with Crippen LogP contribution < -0.4 is 0 Å². The van der Waals surface area contributed by atoms with E-state index < -0.39 is 30.5 Å². The molecule has 3 aliphatic carbocycles. The molecule has 0 saturated heterocycles. The Morgan fingerprint density at radius 1 is 0.480 bits per heavy atom. The van der Waals surface area contributed by atoms with Crippen LogP contribution in [0.2, 0.25) is 0 Å². The van der Waals surface area contributed by atoms with Crippen LogP contribution >= 0.6 is 0 Å². The number of hydrogen-bond donors (Lipinski definition) is 5. The van der Waals surface area contributed by atoms with Crippen LogP contribution in [0.15, 0.2) is 0 Å². The van der Waals surface area contributed by atoms with Gasteiger partial charge >= 0.3 is 0 Å². The average molecular weight is 360 g/mol. The second kappa shape index (κ2) is 8.61. The maximum atomic E-state index is 10.4. The zero-order valence-corrected chi connectivity index (χ0v) is 14.6. The van der Waals surface area contributed by atoms with Crippen molar-refractivity contribution in [2.45, 2.75) is 113 Å². The van der Waals surface area contributed by atoms with Crippen LogP contribution in [-0.2, 0) is 9.47 Å². The van der Waals surface area contributed by atoms with E-state index in [0.717, 1.165) is 6.42 Å².